The molecule has 0 bridgehead atoms. The van der Waals surface area contributed by atoms with E-state index in [4.69, 9.17) is 4.74 Å². The van der Waals surface area contributed by atoms with Crippen LogP contribution in [-0.4, -0.2) is 17.4 Å². The summed E-state index contributed by atoms with van der Waals surface area (Å²) in [5.41, 5.74) is 0. The standard InChI is InChI=1S/C21H40O3/c1-3-5-6-7-8-9-10-11-12-13-14-15-16-17-18-19-21(23)24-20(22)4-2/h4,21,23H,2-3,5-19H2,1H3. The van der Waals surface area contributed by atoms with Gasteiger partial charge in [0.05, 0.1) is 0 Å². The van der Waals surface area contributed by atoms with E-state index in [1.54, 1.807) is 0 Å². The Morgan fingerprint density at radius 1 is 0.833 bits per heavy atom. The van der Waals surface area contributed by atoms with E-state index in [1.807, 2.05) is 0 Å². The Morgan fingerprint density at radius 3 is 1.58 bits per heavy atom. The van der Waals surface area contributed by atoms with Crippen molar-refractivity contribution in [2.24, 2.45) is 0 Å². The highest BCUT2D eigenvalue weighted by atomic mass is 16.6. The van der Waals surface area contributed by atoms with E-state index in [0.29, 0.717) is 6.42 Å². The topological polar surface area (TPSA) is 46.5 Å². The van der Waals surface area contributed by atoms with Gasteiger partial charge in [-0.25, -0.2) is 4.79 Å². The largest absolute Gasteiger partial charge is 0.433 e. The van der Waals surface area contributed by atoms with Crippen LogP contribution in [0.15, 0.2) is 12.7 Å². The van der Waals surface area contributed by atoms with Gasteiger partial charge in [-0.05, 0) is 6.42 Å². The van der Waals surface area contributed by atoms with Gasteiger partial charge in [-0.1, -0.05) is 103 Å². The molecule has 142 valence electrons. The van der Waals surface area contributed by atoms with Crippen LogP contribution < -0.4 is 0 Å². The van der Waals surface area contributed by atoms with Crippen molar-refractivity contribution in [2.75, 3.05) is 0 Å². The highest BCUT2D eigenvalue weighted by Gasteiger charge is 2.07. The van der Waals surface area contributed by atoms with E-state index in [0.717, 1.165) is 18.9 Å². The minimum absolute atomic E-state index is 0.526. The molecule has 0 saturated heterocycles. The van der Waals surface area contributed by atoms with Crippen molar-refractivity contribution >= 4 is 5.97 Å². The number of hydrogen-bond acceptors (Lipinski definition) is 3. The number of ether oxygens (including phenoxy) is 1. The Morgan fingerprint density at radius 2 is 1.21 bits per heavy atom. The molecular formula is C21H40O3. The van der Waals surface area contributed by atoms with Gasteiger partial charge in [0.2, 0.25) is 6.29 Å². The summed E-state index contributed by atoms with van der Waals surface area (Å²) in [5, 5.41) is 9.46. The fraction of sp³-hybridized carbons (Fsp3) is 0.857. The molecule has 1 N–H and O–H groups in total. The lowest BCUT2D eigenvalue weighted by Gasteiger charge is -2.10. The molecule has 0 radical (unpaired) electrons. The Bertz CT molecular complexity index is 289. The zero-order valence-electron chi connectivity index (χ0n) is 15.9. The highest BCUT2D eigenvalue weighted by molar-refractivity contribution is 5.81. The van der Waals surface area contributed by atoms with Crippen LogP contribution in [0, 0.1) is 0 Å². The van der Waals surface area contributed by atoms with Gasteiger partial charge in [0.25, 0.3) is 0 Å². The molecule has 3 nitrogen and oxygen atoms in total. The van der Waals surface area contributed by atoms with Crippen LogP contribution in [-0.2, 0) is 9.53 Å². The van der Waals surface area contributed by atoms with E-state index in [9.17, 15) is 9.90 Å². The van der Waals surface area contributed by atoms with Crippen LogP contribution in [0.3, 0.4) is 0 Å². The molecule has 0 aromatic carbocycles. The molecule has 0 aliphatic rings. The van der Waals surface area contributed by atoms with Gasteiger partial charge in [0.1, 0.15) is 0 Å². The van der Waals surface area contributed by atoms with Crippen molar-refractivity contribution in [2.45, 2.75) is 116 Å². The first-order valence-corrected chi connectivity index (χ1v) is 10.2. The third kappa shape index (κ3) is 17.5. The van der Waals surface area contributed by atoms with Gasteiger partial charge in [0, 0.05) is 12.5 Å². The summed E-state index contributed by atoms with van der Waals surface area (Å²) in [5.74, 6) is -0.552. The third-order valence-corrected chi connectivity index (χ3v) is 4.47. The van der Waals surface area contributed by atoms with Crippen molar-refractivity contribution in [1.82, 2.24) is 0 Å². The number of aliphatic hydroxyl groups is 1. The monoisotopic (exact) mass is 340 g/mol. The first kappa shape index (κ1) is 23.2. The maximum absolute atomic E-state index is 10.9. The normalized spacial score (nSPS) is 12.1. The van der Waals surface area contributed by atoms with Crippen LogP contribution >= 0.6 is 0 Å². The van der Waals surface area contributed by atoms with Gasteiger partial charge >= 0.3 is 5.97 Å². The quantitative estimate of drug-likeness (QED) is 0.138. The van der Waals surface area contributed by atoms with Gasteiger partial charge < -0.3 is 9.84 Å². The van der Waals surface area contributed by atoms with Crippen molar-refractivity contribution in [3.05, 3.63) is 12.7 Å². The molecule has 0 amide bonds. The fourth-order valence-electron chi connectivity index (χ4n) is 2.93. The number of hydrogen-bond donors (Lipinski definition) is 1. The smallest absolute Gasteiger partial charge is 0.332 e. The molecule has 1 atom stereocenters. The average molecular weight is 341 g/mol. The summed E-state index contributed by atoms with van der Waals surface area (Å²) >= 11 is 0. The van der Waals surface area contributed by atoms with Crippen LogP contribution in [0.1, 0.15) is 110 Å². The van der Waals surface area contributed by atoms with Crippen molar-refractivity contribution in [1.29, 1.82) is 0 Å². The summed E-state index contributed by atoms with van der Waals surface area (Å²) in [6.45, 7) is 5.57. The Balaban J connectivity index is 3.12. The molecule has 0 aliphatic heterocycles. The second-order valence-electron chi connectivity index (χ2n) is 6.83. The van der Waals surface area contributed by atoms with Gasteiger partial charge in [0.15, 0.2) is 0 Å². The van der Waals surface area contributed by atoms with Gasteiger partial charge in [-0.3, -0.25) is 0 Å². The molecule has 0 aromatic heterocycles. The summed E-state index contributed by atoms with van der Waals surface area (Å²) in [6, 6.07) is 0. The Hall–Kier alpha value is -0.830. The van der Waals surface area contributed by atoms with Crippen LogP contribution in [0.25, 0.3) is 0 Å². The van der Waals surface area contributed by atoms with Crippen molar-refractivity contribution < 1.29 is 14.6 Å². The zero-order chi connectivity index (χ0) is 17.9. The van der Waals surface area contributed by atoms with E-state index in [2.05, 4.69) is 13.5 Å². The zero-order valence-corrected chi connectivity index (χ0v) is 15.9. The van der Waals surface area contributed by atoms with E-state index >= 15 is 0 Å². The van der Waals surface area contributed by atoms with Gasteiger partial charge in [-0.2, -0.15) is 0 Å². The Kier molecular flexibility index (Phi) is 17.9. The SMILES string of the molecule is C=CC(=O)OC(O)CCCCCCCCCCCCCCCCC. The minimum Gasteiger partial charge on any atom is -0.433 e. The molecule has 3 heteroatoms. The molecule has 0 saturated carbocycles. The maximum Gasteiger partial charge on any atom is 0.332 e. The predicted molar refractivity (Wildman–Crippen MR) is 102 cm³/mol. The molecule has 0 heterocycles. The third-order valence-electron chi connectivity index (χ3n) is 4.47. The van der Waals surface area contributed by atoms with Crippen LogP contribution in [0.5, 0.6) is 0 Å². The second-order valence-corrected chi connectivity index (χ2v) is 6.83. The number of carbonyl (C=O) groups is 1. The summed E-state index contributed by atoms with van der Waals surface area (Å²) in [6.07, 6.45) is 20.4. The molecule has 0 aliphatic carbocycles. The molecule has 0 spiro atoms. The first-order chi connectivity index (χ1) is 11.7. The average Bonchev–Trinajstić information content (AvgIpc) is 2.58. The second kappa shape index (κ2) is 18.5. The first-order valence-electron chi connectivity index (χ1n) is 10.2. The lowest BCUT2D eigenvalue weighted by molar-refractivity contribution is -0.162. The minimum atomic E-state index is -0.975. The number of rotatable bonds is 18. The number of carbonyl (C=O) groups excluding carboxylic acids is 1. The summed E-state index contributed by atoms with van der Waals surface area (Å²) in [7, 11) is 0. The lowest BCUT2D eigenvalue weighted by Crippen LogP contribution is -2.15. The molecule has 0 fully saturated rings. The molecule has 1 unspecified atom stereocenters. The maximum atomic E-state index is 10.9. The van der Waals surface area contributed by atoms with Crippen LogP contribution in [0.2, 0.25) is 0 Å². The van der Waals surface area contributed by atoms with Crippen molar-refractivity contribution in [3.63, 3.8) is 0 Å². The summed E-state index contributed by atoms with van der Waals surface area (Å²) < 4.78 is 4.72. The van der Waals surface area contributed by atoms with Gasteiger partial charge in [-0.15, -0.1) is 0 Å². The predicted octanol–water partition coefficient (Wildman–Crippen LogP) is 6.30. The fourth-order valence-corrected chi connectivity index (χ4v) is 2.93. The summed E-state index contributed by atoms with van der Waals surface area (Å²) in [4.78, 5) is 10.9. The Labute approximate surface area is 149 Å². The lowest BCUT2D eigenvalue weighted by atomic mass is 10.0. The van der Waals surface area contributed by atoms with Crippen LogP contribution in [0.4, 0.5) is 0 Å². The molecular weight excluding hydrogens is 300 g/mol. The molecule has 0 rings (SSSR count). The molecule has 0 aromatic rings. The van der Waals surface area contributed by atoms with Crippen molar-refractivity contribution in [3.8, 4) is 0 Å². The molecule has 24 heavy (non-hydrogen) atoms. The van der Waals surface area contributed by atoms with E-state index < -0.39 is 12.3 Å². The number of aliphatic hydroxyl groups excluding tert-OH is 1. The number of unbranched alkanes of at least 4 members (excludes halogenated alkanes) is 14. The number of esters is 1. The van der Waals surface area contributed by atoms with E-state index in [-0.39, 0.29) is 0 Å². The highest BCUT2D eigenvalue weighted by Crippen LogP contribution is 2.14. The van der Waals surface area contributed by atoms with E-state index in [1.165, 1.54) is 83.5 Å².